The first kappa shape index (κ1) is 11.7. The van der Waals surface area contributed by atoms with Crippen molar-refractivity contribution in [2.24, 2.45) is 5.73 Å². The van der Waals surface area contributed by atoms with Crippen molar-refractivity contribution in [3.63, 3.8) is 0 Å². The van der Waals surface area contributed by atoms with Gasteiger partial charge in [-0.1, -0.05) is 13.8 Å². The molecule has 0 aliphatic carbocycles. The van der Waals surface area contributed by atoms with Crippen molar-refractivity contribution in [3.8, 4) is 0 Å². The average Bonchev–Trinajstić information content (AvgIpc) is 2.03. The molecule has 72 valence electrons. The fraction of sp³-hybridized carbons (Fsp3) is 0.889. The summed E-state index contributed by atoms with van der Waals surface area (Å²) in [4.78, 5) is 2.12. The highest BCUT2D eigenvalue weighted by molar-refractivity contribution is 7.80. The summed E-state index contributed by atoms with van der Waals surface area (Å²) in [5, 5.41) is 0.527. The Hall–Kier alpha value is -0.310. The highest BCUT2D eigenvalue weighted by Gasteiger charge is 2.17. The molecule has 3 heteroatoms. The number of nitrogens with zero attached hydrogens (tertiary/aromatic N) is 1. The first-order valence-corrected chi connectivity index (χ1v) is 5.03. The van der Waals surface area contributed by atoms with Crippen molar-refractivity contribution in [3.05, 3.63) is 0 Å². The van der Waals surface area contributed by atoms with E-state index in [0.717, 1.165) is 12.8 Å². The van der Waals surface area contributed by atoms with Gasteiger partial charge >= 0.3 is 0 Å². The van der Waals surface area contributed by atoms with Gasteiger partial charge in [0.25, 0.3) is 0 Å². The van der Waals surface area contributed by atoms with E-state index < -0.39 is 0 Å². The molecule has 0 aromatic rings. The summed E-state index contributed by atoms with van der Waals surface area (Å²) >= 11 is 5.01. The molecule has 0 saturated carbocycles. The predicted molar refractivity (Wildman–Crippen MR) is 58.1 cm³/mol. The Labute approximate surface area is 81.1 Å². The monoisotopic (exact) mass is 188 g/mol. The van der Waals surface area contributed by atoms with Gasteiger partial charge in [-0.3, -0.25) is 0 Å². The smallest absolute Gasteiger partial charge is 0.166 e. The summed E-state index contributed by atoms with van der Waals surface area (Å²) in [5.41, 5.74) is 5.65. The molecule has 2 nitrogen and oxygen atoms in total. The molecule has 0 saturated heterocycles. The largest absolute Gasteiger partial charge is 0.376 e. The fourth-order valence-corrected chi connectivity index (χ4v) is 1.62. The molecule has 0 rings (SSSR count). The normalized spacial score (nSPS) is 15.3. The zero-order valence-corrected chi connectivity index (χ0v) is 9.32. The second-order valence-corrected chi connectivity index (χ2v) is 3.68. The molecule has 2 atom stereocenters. The lowest BCUT2D eigenvalue weighted by molar-refractivity contribution is 0.252. The van der Waals surface area contributed by atoms with Gasteiger partial charge < -0.3 is 10.6 Å². The van der Waals surface area contributed by atoms with E-state index in [1.165, 1.54) is 0 Å². The lowest BCUT2D eigenvalue weighted by Gasteiger charge is -2.34. The van der Waals surface area contributed by atoms with E-state index in [4.69, 9.17) is 18.0 Å². The summed E-state index contributed by atoms with van der Waals surface area (Å²) < 4.78 is 0. The minimum absolute atomic E-state index is 0.456. The van der Waals surface area contributed by atoms with Gasteiger partial charge in [0, 0.05) is 12.1 Å². The van der Waals surface area contributed by atoms with Crippen LogP contribution in [0.2, 0.25) is 0 Å². The summed E-state index contributed by atoms with van der Waals surface area (Å²) in [6.07, 6.45) is 2.17. The molecule has 0 bridgehead atoms. The topological polar surface area (TPSA) is 29.3 Å². The van der Waals surface area contributed by atoms with E-state index >= 15 is 0 Å². The summed E-state index contributed by atoms with van der Waals surface area (Å²) in [6, 6.07) is 0.912. The SMILES string of the molecule is CC[C@@H](C)N(C(N)=S)[C@H](C)CC. The molecule has 0 aliphatic rings. The third-order valence-corrected chi connectivity index (χ3v) is 2.60. The Kier molecular flexibility index (Phi) is 5.22. The molecule has 0 spiro atoms. The number of hydrogen-bond acceptors (Lipinski definition) is 1. The molecule has 0 aromatic heterocycles. The van der Waals surface area contributed by atoms with Gasteiger partial charge in [0.15, 0.2) is 5.11 Å². The summed E-state index contributed by atoms with van der Waals surface area (Å²) in [7, 11) is 0. The van der Waals surface area contributed by atoms with Gasteiger partial charge in [0.05, 0.1) is 0 Å². The van der Waals surface area contributed by atoms with E-state index in [1.54, 1.807) is 0 Å². The molecule has 0 radical (unpaired) electrons. The van der Waals surface area contributed by atoms with Crippen LogP contribution in [0.25, 0.3) is 0 Å². The molecule has 0 aliphatic heterocycles. The number of hydrogen-bond donors (Lipinski definition) is 1. The maximum atomic E-state index is 5.65. The molecule has 0 unspecified atom stereocenters. The van der Waals surface area contributed by atoms with Crippen LogP contribution in [-0.2, 0) is 0 Å². The lowest BCUT2D eigenvalue weighted by Crippen LogP contribution is -2.47. The van der Waals surface area contributed by atoms with Gasteiger partial charge in [-0.2, -0.15) is 0 Å². The van der Waals surface area contributed by atoms with E-state index in [2.05, 4.69) is 32.6 Å². The quantitative estimate of drug-likeness (QED) is 0.685. The second-order valence-electron chi connectivity index (χ2n) is 3.26. The number of thiocarbonyl (C=S) groups is 1. The van der Waals surface area contributed by atoms with Crippen molar-refractivity contribution in [1.29, 1.82) is 0 Å². The molecule has 0 amide bonds. The van der Waals surface area contributed by atoms with E-state index in [-0.39, 0.29) is 0 Å². The zero-order valence-electron chi connectivity index (χ0n) is 8.50. The maximum absolute atomic E-state index is 5.65. The number of nitrogens with two attached hydrogens (primary N) is 1. The van der Waals surface area contributed by atoms with Gasteiger partial charge in [0.1, 0.15) is 0 Å². The Balaban J connectivity index is 4.32. The average molecular weight is 188 g/mol. The van der Waals surface area contributed by atoms with Crippen molar-refractivity contribution in [1.82, 2.24) is 4.90 Å². The fourth-order valence-electron chi connectivity index (χ4n) is 1.26. The maximum Gasteiger partial charge on any atom is 0.166 e. The molecule has 2 N–H and O–H groups in total. The minimum atomic E-state index is 0.456. The van der Waals surface area contributed by atoms with Crippen molar-refractivity contribution >= 4 is 17.3 Å². The first-order valence-electron chi connectivity index (χ1n) is 4.62. The van der Waals surface area contributed by atoms with Crippen molar-refractivity contribution in [2.75, 3.05) is 0 Å². The summed E-state index contributed by atoms with van der Waals surface area (Å²) in [6.45, 7) is 8.62. The standard InChI is InChI=1S/C9H20N2S/c1-5-7(3)11(9(10)12)8(4)6-2/h7-8H,5-6H2,1-4H3,(H2,10,12)/t7-,8-/m1/s1. The van der Waals surface area contributed by atoms with Crippen LogP contribution in [-0.4, -0.2) is 22.1 Å². The molecule has 0 heterocycles. The van der Waals surface area contributed by atoms with Crippen LogP contribution in [0, 0.1) is 0 Å². The van der Waals surface area contributed by atoms with Crippen LogP contribution >= 0.6 is 12.2 Å². The Bertz CT molecular complexity index is 137. The van der Waals surface area contributed by atoms with Crippen LogP contribution < -0.4 is 5.73 Å². The third-order valence-electron chi connectivity index (χ3n) is 2.39. The van der Waals surface area contributed by atoms with Crippen molar-refractivity contribution < 1.29 is 0 Å². The highest BCUT2D eigenvalue weighted by atomic mass is 32.1. The van der Waals surface area contributed by atoms with Crippen LogP contribution in [0.5, 0.6) is 0 Å². The minimum Gasteiger partial charge on any atom is -0.376 e. The van der Waals surface area contributed by atoms with Crippen LogP contribution in [0.3, 0.4) is 0 Å². The molecular weight excluding hydrogens is 168 g/mol. The van der Waals surface area contributed by atoms with Gasteiger partial charge in [-0.15, -0.1) is 0 Å². The molecule has 0 aromatic carbocycles. The van der Waals surface area contributed by atoms with Crippen LogP contribution in [0.15, 0.2) is 0 Å². The van der Waals surface area contributed by atoms with Crippen LogP contribution in [0.1, 0.15) is 40.5 Å². The zero-order chi connectivity index (χ0) is 9.72. The van der Waals surface area contributed by atoms with E-state index in [9.17, 15) is 0 Å². The molecule has 0 fully saturated rings. The highest BCUT2D eigenvalue weighted by Crippen LogP contribution is 2.10. The van der Waals surface area contributed by atoms with E-state index in [0.29, 0.717) is 17.2 Å². The predicted octanol–water partition coefficient (Wildman–Crippen LogP) is 2.13. The van der Waals surface area contributed by atoms with Gasteiger partial charge in [-0.05, 0) is 38.9 Å². The Morgan fingerprint density at radius 2 is 1.58 bits per heavy atom. The molecular formula is C9H20N2S. The molecule has 12 heavy (non-hydrogen) atoms. The first-order chi connectivity index (χ1) is 5.54. The number of rotatable bonds is 4. The van der Waals surface area contributed by atoms with E-state index in [1.807, 2.05) is 0 Å². The Morgan fingerprint density at radius 1 is 1.25 bits per heavy atom. The lowest BCUT2D eigenvalue weighted by atomic mass is 10.1. The summed E-state index contributed by atoms with van der Waals surface area (Å²) in [5.74, 6) is 0. The third kappa shape index (κ3) is 2.97. The van der Waals surface area contributed by atoms with Crippen LogP contribution in [0.4, 0.5) is 0 Å². The van der Waals surface area contributed by atoms with Gasteiger partial charge in [-0.25, -0.2) is 0 Å². The second kappa shape index (κ2) is 5.36. The van der Waals surface area contributed by atoms with Crippen molar-refractivity contribution in [2.45, 2.75) is 52.6 Å². The Morgan fingerprint density at radius 3 is 1.75 bits per heavy atom. The van der Waals surface area contributed by atoms with Gasteiger partial charge in [0.2, 0.25) is 0 Å².